The number of carbonyl (C=O) groups is 1. The van der Waals surface area contributed by atoms with Gasteiger partial charge in [-0.25, -0.2) is 4.98 Å². The first kappa shape index (κ1) is 16.0. The summed E-state index contributed by atoms with van der Waals surface area (Å²) in [5.41, 5.74) is 5.72. The number of hydrogen-bond donors (Lipinski definition) is 3. The van der Waals surface area contributed by atoms with Crippen LogP contribution in [0.15, 0.2) is 6.33 Å². The molecule has 1 heterocycles. The van der Waals surface area contributed by atoms with E-state index in [2.05, 4.69) is 20.6 Å². The van der Waals surface area contributed by atoms with Crippen LogP contribution in [0.4, 0.5) is 11.5 Å². The standard InChI is InChI=1S/C13H23N5O2/c1-8(2)20-11-9(14)10(17-7-18-11)16-6-13(3,4)12(19)15-5/h7-8H,6,14H2,1-5H3,(H,15,19)(H,16,17,18). The number of nitrogens with two attached hydrogens (primary N) is 1. The third-order valence-corrected chi connectivity index (χ3v) is 2.73. The minimum absolute atomic E-state index is 0.0256. The Balaban J connectivity index is 2.81. The zero-order chi connectivity index (χ0) is 15.3. The molecule has 0 aliphatic heterocycles. The maximum atomic E-state index is 11.7. The van der Waals surface area contributed by atoms with Gasteiger partial charge in [-0.3, -0.25) is 4.79 Å². The first-order valence-corrected chi connectivity index (χ1v) is 6.51. The molecule has 1 amide bonds. The number of ether oxygens (including phenoxy) is 1. The lowest BCUT2D eigenvalue weighted by Gasteiger charge is -2.23. The van der Waals surface area contributed by atoms with Crippen LogP contribution < -0.4 is 21.1 Å². The van der Waals surface area contributed by atoms with Crippen LogP contribution in [0.1, 0.15) is 27.7 Å². The molecule has 0 saturated heterocycles. The van der Waals surface area contributed by atoms with Crippen LogP contribution in [0.3, 0.4) is 0 Å². The Kier molecular flexibility index (Phi) is 5.12. The Labute approximate surface area is 119 Å². The van der Waals surface area contributed by atoms with Crippen molar-refractivity contribution in [3.8, 4) is 5.88 Å². The highest BCUT2D eigenvalue weighted by molar-refractivity contribution is 5.82. The molecular weight excluding hydrogens is 258 g/mol. The van der Waals surface area contributed by atoms with Crippen molar-refractivity contribution in [3.05, 3.63) is 6.33 Å². The van der Waals surface area contributed by atoms with Crippen molar-refractivity contribution >= 4 is 17.4 Å². The second kappa shape index (κ2) is 6.40. The Hall–Kier alpha value is -2.05. The molecule has 0 aromatic carbocycles. The minimum atomic E-state index is -0.578. The molecule has 1 rings (SSSR count). The second-order valence-electron chi connectivity index (χ2n) is 5.42. The third-order valence-electron chi connectivity index (χ3n) is 2.73. The van der Waals surface area contributed by atoms with Gasteiger partial charge in [0.2, 0.25) is 11.8 Å². The quantitative estimate of drug-likeness (QED) is 0.719. The molecule has 7 heteroatoms. The van der Waals surface area contributed by atoms with E-state index in [0.717, 1.165) is 0 Å². The van der Waals surface area contributed by atoms with Gasteiger partial charge in [-0.15, -0.1) is 0 Å². The van der Waals surface area contributed by atoms with Gasteiger partial charge in [0.15, 0.2) is 5.82 Å². The van der Waals surface area contributed by atoms with Crippen molar-refractivity contribution in [1.82, 2.24) is 15.3 Å². The van der Waals surface area contributed by atoms with Gasteiger partial charge >= 0.3 is 0 Å². The number of anilines is 2. The summed E-state index contributed by atoms with van der Waals surface area (Å²) < 4.78 is 5.49. The Morgan fingerprint density at radius 2 is 2.10 bits per heavy atom. The lowest BCUT2D eigenvalue weighted by Crippen LogP contribution is -2.39. The van der Waals surface area contributed by atoms with Crippen LogP contribution in [0.2, 0.25) is 0 Å². The summed E-state index contributed by atoms with van der Waals surface area (Å²) in [6.07, 6.45) is 1.35. The zero-order valence-corrected chi connectivity index (χ0v) is 12.7. The number of nitrogen functional groups attached to an aromatic ring is 1. The van der Waals surface area contributed by atoms with E-state index in [1.807, 2.05) is 27.7 Å². The van der Waals surface area contributed by atoms with E-state index in [9.17, 15) is 4.79 Å². The molecule has 0 radical (unpaired) electrons. The number of nitrogens with one attached hydrogen (secondary N) is 2. The molecule has 112 valence electrons. The molecule has 1 aromatic heterocycles. The molecule has 20 heavy (non-hydrogen) atoms. The summed E-state index contributed by atoms with van der Waals surface area (Å²) in [5, 5.41) is 5.69. The lowest BCUT2D eigenvalue weighted by molar-refractivity contribution is -0.128. The fourth-order valence-corrected chi connectivity index (χ4v) is 1.56. The maximum Gasteiger partial charge on any atom is 0.242 e. The molecule has 0 aliphatic carbocycles. The van der Waals surface area contributed by atoms with Crippen LogP contribution in [0.25, 0.3) is 0 Å². The summed E-state index contributed by atoms with van der Waals surface area (Å²) in [7, 11) is 1.61. The Morgan fingerprint density at radius 3 is 2.65 bits per heavy atom. The Bertz CT molecular complexity index is 474. The van der Waals surface area contributed by atoms with E-state index in [1.165, 1.54) is 6.33 Å². The fourth-order valence-electron chi connectivity index (χ4n) is 1.56. The predicted molar refractivity (Wildman–Crippen MR) is 78.5 cm³/mol. The van der Waals surface area contributed by atoms with Crippen molar-refractivity contribution in [2.24, 2.45) is 5.41 Å². The summed E-state index contributed by atoms with van der Waals surface area (Å²) in [5.74, 6) is 0.749. The number of carbonyl (C=O) groups excluding carboxylic acids is 1. The van der Waals surface area contributed by atoms with Gasteiger partial charge in [-0.1, -0.05) is 0 Å². The summed E-state index contributed by atoms with van der Waals surface area (Å²) >= 11 is 0. The highest BCUT2D eigenvalue weighted by Gasteiger charge is 2.27. The summed E-state index contributed by atoms with van der Waals surface area (Å²) in [4.78, 5) is 19.8. The molecule has 0 bridgehead atoms. The van der Waals surface area contributed by atoms with Gasteiger partial charge in [0.1, 0.15) is 12.0 Å². The largest absolute Gasteiger partial charge is 0.473 e. The van der Waals surface area contributed by atoms with Crippen LogP contribution in [0, 0.1) is 5.41 Å². The van der Waals surface area contributed by atoms with Gasteiger partial charge in [-0.2, -0.15) is 4.98 Å². The van der Waals surface area contributed by atoms with E-state index < -0.39 is 5.41 Å². The average Bonchev–Trinajstić information content (AvgIpc) is 2.38. The Morgan fingerprint density at radius 1 is 1.45 bits per heavy atom. The highest BCUT2D eigenvalue weighted by atomic mass is 16.5. The molecular formula is C13H23N5O2. The molecule has 0 aliphatic rings. The van der Waals surface area contributed by atoms with Crippen LogP contribution in [0.5, 0.6) is 5.88 Å². The zero-order valence-electron chi connectivity index (χ0n) is 12.7. The fraction of sp³-hybridized carbons (Fsp3) is 0.615. The molecule has 1 aromatic rings. The van der Waals surface area contributed by atoms with Crippen molar-refractivity contribution in [3.63, 3.8) is 0 Å². The third kappa shape index (κ3) is 3.97. The predicted octanol–water partition coefficient (Wildman–Crippen LogP) is 1.03. The lowest BCUT2D eigenvalue weighted by atomic mass is 9.92. The number of hydrogen-bond acceptors (Lipinski definition) is 6. The number of aromatic nitrogens is 2. The van der Waals surface area contributed by atoms with E-state index in [-0.39, 0.29) is 12.0 Å². The van der Waals surface area contributed by atoms with Crippen molar-refractivity contribution in [2.75, 3.05) is 24.6 Å². The van der Waals surface area contributed by atoms with Gasteiger partial charge in [0.05, 0.1) is 11.5 Å². The van der Waals surface area contributed by atoms with E-state index >= 15 is 0 Å². The van der Waals surface area contributed by atoms with Gasteiger partial charge < -0.3 is 21.1 Å². The van der Waals surface area contributed by atoms with E-state index in [4.69, 9.17) is 10.5 Å². The number of nitrogens with zero attached hydrogens (tertiary/aromatic N) is 2. The average molecular weight is 281 g/mol. The first-order chi connectivity index (χ1) is 9.27. The van der Waals surface area contributed by atoms with Crippen LogP contribution in [-0.4, -0.2) is 35.6 Å². The van der Waals surface area contributed by atoms with E-state index in [0.29, 0.717) is 23.9 Å². The SMILES string of the molecule is CNC(=O)C(C)(C)CNc1ncnc(OC(C)C)c1N. The second-order valence-corrected chi connectivity index (χ2v) is 5.42. The first-order valence-electron chi connectivity index (χ1n) is 6.51. The van der Waals surface area contributed by atoms with Crippen molar-refractivity contribution in [2.45, 2.75) is 33.8 Å². The monoisotopic (exact) mass is 281 g/mol. The number of rotatable bonds is 6. The highest BCUT2D eigenvalue weighted by Crippen LogP contribution is 2.26. The van der Waals surface area contributed by atoms with Gasteiger partial charge in [0, 0.05) is 13.6 Å². The van der Waals surface area contributed by atoms with Crippen molar-refractivity contribution < 1.29 is 9.53 Å². The van der Waals surface area contributed by atoms with Crippen LogP contribution in [-0.2, 0) is 4.79 Å². The van der Waals surface area contributed by atoms with Crippen LogP contribution >= 0.6 is 0 Å². The van der Waals surface area contributed by atoms with Gasteiger partial charge in [0.25, 0.3) is 0 Å². The molecule has 0 unspecified atom stereocenters. The summed E-state index contributed by atoms with van der Waals surface area (Å²) in [6, 6.07) is 0. The molecule has 0 saturated carbocycles. The molecule has 7 nitrogen and oxygen atoms in total. The molecule has 0 atom stereocenters. The molecule has 0 spiro atoms. The number of amides is 1. The van der Waals surface area contributed by atoms with E-state index in [1.54, 1.807) is 7.05 Å². The smallest absolute Gasteiger partial charge is 0.242 e. The molecule has 4 N–H and O–H groups in total. The summed E-state index contributed by atoms with van der Waals surface area (Å²) in [6.45, 7) is 7.85. The maximum absolute atomic E-state index is 11.7. The van der Waals surface area contributed by atoms with Gasteiger partial charge in [-0.05, 0) is 27.7 Å². The minimum Gasteiger partial charge on any atom is -0.473 e. The topological polar surface area (TPSA) is 102 Å². The van der Waals surface area contributed by atoms with Crippen molar-refractivity contribution in [1.29, 1.82) is 0 Å². The normalized spacial score (nSPS) is 11.3. The molecule has 0 fully saturated rings.